The average Bonchev–Trinajstić information content (AvgIpc) is 1.60. The molecule has 0 radical (unpaired) electrons. The van der Waals surface area contributed by atoms with Crippen LogP contribution < -0.4 is 33.6 Å². The summed E-state index contributed by atoms with van der Waals surface area (Å²) < 4.78 is 159. The number of H-pyrrole nitrogens is 1. The van der Waals surface area contributed by atoms with E-state index < -0.39 is 213 Å². The molecule has 708 valence electrons. The molecule has 6 unspecified atom stereocenters. The number of nitrogens with one attached hydrogen (secondary N) is 1. The number of aromatic amines is 1. The van der Waals surface area contributed by atoms with Crippen molar-refractivity contribution in [2.45, 2.75) is 173 Å². The van der Waals surface area contributed by atoms with Crippen molar-refractivity contribution >= 4 is 196 Å². The van der Waals surface area contributed by atoms with Gasteiger partial charge in [0.2, 0.25) is 10.9 Å². The second-order valence-corrected chi connectivity index (χ2v) is 48.1. The second-order valence-electron chi connectivity index (χ2n) is 31.4. The number of ether oxygens (including phenoxy) is 3. The summed E-state index contributed by atoms with van der Waals surface area (Å²) >= 11 is 30.4. The predicted octanol–water partition coefficient (Wildman–Crippen LogP) is 1.47. The number of fused-ring (bicyclic) bond motifs is 15. The summed E-state index contributed by atoms with van der Waals surface area (Å²) in [7, 11) is 3.40. The molecule has 15 N–H and O–H groups in total. The fraction of sp³-hybridized carbons (Fsp3) is 0.508. The lowest BCUT2D eigenvalue weighted by Gasteiger charge is -2.31. The SMILES string of the molecule is Cc1nc2c(ncn2[C@@H]2C[C@@H]3OP(O)(=S)O[C@H]4[C@@H](F)[C@H](n5cnc6c(N)ncnc65)O[C@@H]4COP(=O)(S)O[C@@H]2[C@@H]3O)c(=O)[nH]1.Cn1ccc(=O)c2ncn([C@@H]3C[C@@H]4OP(O)(=S)O[C@H]5[C@@H](F)[C@H](n6cnc7c(N)ncnc76)O[C@@H]5COP(O)(=S)O[C@@H]3[C@@H]4O)c21.Cn1ccc(=O)c2ncn([C@@H]3C[C@@H]4OP(O)(=S)O[C@H]5[C@@H](F)[C@H](n6cnc7c(N)ncnc76)O[C@@H]5COP(O)(=S)O[C@@H]3[C@@H]4O)c21. The molecule has 12 aromatic rings. The maximum Gasteiger partial charge on any atom is 0.386 e. The fourth-order valence-electron chi connectivity index (χ4n) is 17.4. The average molecular weight is 2070 g/mol. The van der Waals surface area contributed by atoms with Gasteiger partial charge in [-0.25, -0.2) is 82.5 Å². The van der Waals surface area contributed by atoms with E-state index in [2.05, 4.69) is 82.0 Å². The molecule has 9 aliphatic rings. The minimum absolute atomic E-state index is 0.0142. The van der Waals surface area contributed by atoms with Crippen molar-refractivity contribution in [1.82, 2.24) is 106 Å². The van der Waals surface area contributed by atoms with Gasteiger partial charge < -0.3 is 131 Å². The van der Waals surface area contributed by atoms with Gasteiger partial charge in [-0.05, 0) is 66.0 Å². The van der Waals surface area contributed by atoms with E-state index in [1.54, 1.807) is 51.7 Å². The number of nitrogen functional groups attached to an aromatic ring is 3. The van der Waals surface area contributed by atoms with Crippen molar-refractivity contribution in [3.05, 3.63) is 118 Å². The van der Waals surface area contributed by atoms with Gasteiger partial charge in [0.1, 0.15) is 126 Å². The van der Waals surface area contributed by atoms with Crippen LogP contribution >= 0.6 is 52.6 Å². The molecular formula is C65H74F3N25O27P6S6. The van der Waals surface area contributed by atoms with Crippen LogP contribution in [0.1, 0.15) is 61.9 Å². The molecule has 18 heterocycles. The largest absolute Gasteiger partial charge is 0.388 e. The predicted molar refractivity (Wildman–Crippen MR) is 468 cm³/mol. The van der Waals surface area contributed by atoms with E-state index in [1.165, 1.54) is 87.3 Å². The molecule has 132 heavy (non-hydrogen) atoms. The Morgan fingerprint density at radius 1 is 0.417 bits per heavy atom. The van der Waals surface area contributed by atoms with Crippen LogP contribution in [0.15, 0.2) is 95.9 Å². The smallest absolute Gasteiger partial charge is 0.386 e. The number of imidazole rings is 6. The maximum atomic E-state index is 16.1. The van der Waals surface area contributed by atoms with Gasteiger partial charge in [0.05, 0.1) is 94.2 Å². The Kier molecular flexibility index (Phi) is 25.2. The van der Waals surface area contributed by atoms with Gasteiger partial charge in [0, 0.05) is 57.9 Å². The fourth-order valence-corrected chi connectivity index (χ4v) is 27.1. The molecule has 0 aromatic carbocycles. The highest BCUT2D eigenvalue weighted by Crippen LogP contribution is 2.63. The molecule has 0 spiro atoms. The molecule has 21 rings (SSSR count). The van der Waals surface area contributed by atoms with Gasteiger partial charge in [-0.3, -0.25) is 50.7 Å². The Balaban J connectivity index is 0.000000128. The zero-order valence-electron chi connectivity index (χ0n) is 67.4. The molecule has 6 bridgehead atoms. The Bertz CT molecular complexity index is 6800. The van der Waals surface area contributed by atoms with Crippen molar-refractivity contribution < 1.29 is 126 Å². The van der Waals surface area contributed by atoms with Crippen LogP contribution in [0.3, 0.4) is 0 Å². The Labute approximate surface area is 766 Å². The van der Waals surface area contributed by atoms with Crippen molar-refractivity contribution in [3.63, 3.8) is 0 Å². The number of thiol groups is 1. The van der Waals surface area contributed by atoms with Crippen molar-refractivity contribution in [3.8, 4) is 0 Å². The first-order chi connectivity index (χ1) is 62.5. The van der Waals surface area contributed by atoms with Crippen LogP contribution in [-0.2, 0) is 146 Å². The van der Waals surface area contributed by atoms with Gasteiger partial charge in [-0.2, -0.15) is 0 Å². The quantitative estimate of drug-likeness (QED) is 0.0828. The zero-order chi connectivity index (χ0) is 93.4. The molecule has 9 fully saturated rings. The van der Waals surface area contributed by atoms with Gasteiger partial charge >= 0.3 is 40.4 Å². The van der Waals surface area contributed by atoms with Gasteiger partial charge in [-0.15, -0.1) is 0 Å². The number of hydrogen-bond donors (Lipinski definition) is 13. The summed E-state index contributed by atoms with van der Waals surface area (Å²) in [4.78, 5) is 149. The molecule has 52 nitrogen and oxygen atoms in total. The third-order valence-corrected chi connectivity index (χ3v) is 32.7. The number of aliphatic hydroxyl groups excluding tert-OH is 3. The molecule has 3 aliphatic carbocycles. The van der Waals surface area contributed by atoms with Crippen LogP contribution in [0.2, 0.25) is 0 Å². The summed E-state index contributed by atoms with van der Waals surface area (Å²) in [5.41, 5.74) is 18.9. The van der Waals surface area contributed by atoms with Gasteiger partial charge in [0.25, 0.3) is 5.56 Å². The minimum atomic E-state index is -4.30. The van der Waals surface area contributed by atoms with Crippen LogP contribution in [0.5, 0.6) is 0 Å². The molecule has 0 amide bonds. The van der Waals surface area contributed by atoms with E-state index >= 15 is 13.2 Å². The first-order valence-electron chi connectivity index (χ1n) is 39.2. The summed E-state index contributed by atoms with van der Waals surface area (Å²) in [6.07, 6.45) is -16.6. The normalized spacial score (nSPS) is 38.0. The van der Waals surface area contributed by atoms with Crippen molar-refractivity contribution in [1.29, 1.82) is 0 Å². The number of halogens is 3. The number of nitrogens with zero attached hydrogens (tertiary/aromatic N) is 21. The highest BCUT2D eigenvalue weighted by atomic mass is 32.7. The maximum absolute atomic E-state index is 16.1. The van der Waals surface area contributed by atoms with Crippen molar-refractivity contribution in [2.75, 3.05) is 37.0 Å². The van der Waals surface area contributed by atoms with Crippen LogP contribution in [0.4, 0.5) is 30.6 Å². The van der Waals surface area contributed by atoms with E-state index in [-0.39, 0.29) is 103 Å². The lowest BCUT2D eigenvalue weighted by atomic mass is 10.1. The van der Waals surface area contributed by atoms with Crippen LogP contribution in [0, 0.1) is 6.92 Å². The molecule has 30 atom stereocenters. The molecule has 3 saturated carbocycles. The first-order valence-corrected chi connectivity index (χ1v) is 54.9. The number of nitrogens with two attached hydrogens (primary N) is 3. The molecule has 6 aliphatic heterocycles. The summed E-state index contributed by atoms with van der Waals surface area (Å²) in [5, 5.41) is 33.8. The molecule has 12 aromatic heterocycles. The Morgan fingerprint density at radius 3 is 1.11 bits per heavy atom. The number of aryl methyl sites for hydroxylation is 3. The Morgan fingerprint density at radius 2 is 0.735 bits per heavy atom. The number of hydrogen-bond acceptors (Lipinski definition) is 43. The molecular weight excluding hydrogens is 2000 g/mol. The first kappa shape index (κ1) is 93.9. The third kappa shape index (κ3) is 17.6. The summed E-state index contributed by atoms with van der Waals surface area (Å²) in [5.74, 6) is 0.507. The number of anilines is 3. The second kappa shape index (κ2) is 35.4. The number of rotatable bonds is 6. The number of pyridine rings is 2. The minimum Gasteiger partial charge on any atom is -0.388 e. The summed E-state index contributed by atoms with van der Waals surface area (Å²) in [6.45, 7) is -25.6. The van der Waals surface area contributed by atoms with Crippen molar-refractivity contribution in [2.24, 2.45) is 14.1 Å². The monoisotopic (exact) mass is 2070 g/mol. The topological polar surface area (TPSA) is 669 Å². The Hall–Kier alpha value is -7.06. The van der Waals surface area contributed by atoms with Gasteiger partial charge in [-0.1, -0.05) is 12.2 Å². The van der Waals surface area contributed by atoms with Crippen LogP contribution in [-0.4, -0.2) is 276 Å². The third-order valence-electron chi connectivity index (χ3n) is 23.2. The number of alkyl halides is 3. The zero-order valence-corrected chi connectivity index (χ0v) is 77.7. The highest BCUT2D eigenvalue weighted by Gasteiger charge is 2.59. The van der Waals surface area contributed by atoms with E-state index in [0.717, 1.165) is 0 Å². The lowest BCUT2D eigenvalue weighted by Crippen LogP contribution is -2.37. The lowest BCUT2D eigenvalue weighted by molar-refractivity contribution is -0.0567. The molecule has 67 heteroatoms. The van der Waals surface area contributed by atoms with E-state index in [9.17, 15) is 58.7 Å². The number of aromatic nitrogens is 22. The summed E-state index contributed by atoms with van der Waals surface area (Å²) in [6, 6.07) is 0.185. The van der Waals surface area contributed by atoms with E-state index in [4.69, 9.17) is 145 Å². The highest BCUT2D eigenvalue weighted by molar-refractivity contribution is 8.44. The molecule has 6 saturated heterocycles. The van der Waals surface area contributed by atoms with E-state index in [0.29, 0.717) is 17.1 Å². The van der Waals surface area contributed by atoms with E-state index in [1.807, 2.05) is 0 Å². The van der Waals surface area contributed by atoms with Gasteiger partial charge in [0.15, 0.2) is 93.8 Å². The number of aliphatic hydroxyl groups is 3. The van der Waals surface area contributed by atoms with Crippen LogP contribution in [0.25, 0.3) is 67.0 Å². The standard InChI is InChI=1S/2C22H25FN8O9P2S2.C21H24FN9O9P2S2/c2*1-29-3-2-10(32)14-21(29)30(7-27-14)9-4-11-16(33)17(9)39-41(34,43)36-5-12-18(40-42(35,44)38-11)13(23)22(37-12)31-8-28-15-19(24)25-6-26-20(15)31;1-7-28-19-13(20(33)29-7)27-5-30(19)8-2-9-14(32)15(8)39-41(34,43)36-3-10-16(40-42(35,44)38-9)11(22)21(37-10)31-6-26-12-17(23)24-4-25-18(12)31/h2*2-3,6-9,11-13,16-18,22,33H,4-5H2,1H3,(H,34,43)(H,35,44)(H2,24,25,26);4-6,8-11,14-16,21,32H,2-3H2,1H3,(H,34,43)(H,35,44)(H2,23,24,25)(H,28,29,33)/t2*9-,11+,12-,13-,16-,17+,18-,22-,41?,42?;8-,9+,10-,11-,14-,15+,16-,21-,41?,42?/m111/s1.